The van der Waals surface area contributed by atoms with Crippen LogP contribution in [0.2, 0.25) is 0 Å². The van der Waals surface area contributed by atoms with Crippen LogP contribution in [0.15, 0.2) is 18.2 Å². The van der Waals surface area contributed by atoms with Crippen LogP contribution >= 0.6 is 0 Å². The number of hydrogen-bond acceptors (Lipinski definition) is 5. The Morgan fingerprint density at radius 3 is 2.71 bits per heavy atom. The van der Waals surface area contributed by atoms with Gasteiger partial charge in [0.15, 0.2) is 0 Å². The van der Waals surface area contributed by atoms with Gasteiger partial charge in [0.2, 0.25) is 0 Å². The second kappa shape index (κ2) is 5.11. The van der Waals surface area contributed by atoms with Crippen molar-refractivity contribution in [2.45, 2.75) is 6.92 Å². The lowest BCUT2D eigenvalue weighted by molar-refractivity contribution is -0.384. The molecule has 1 saturated heterocycles. The quantitative estimate of drug-likeness (QED) is 0.638. The highest BCUT2D eigenvalue weighted by atomic mass is 16.6. The van der Waals surface area contributed by atoms with Crippen LogP contribution in [0.5, 0.6) is 0 Å². The number of ether oxygens (including phenoxy) is 1. The van der Waals surface area contributed by atoms with Crippen molar-refractivity contribution in [2.75, 3.05) is 31.7 Å². The van der Waals surface area contributed by atoms with E-state index in [9.17, 15) is 10.1 Å². The number of nitrogens with zero attached hydrogens (tertiary/aromatic N) is 2. The minimum atomic E-state index is -0.377. The van der Waals surface area contributed by atoms with Crippen molar-refractivity contribution in [1.82, 2.24) is 5.01 Å². The molecule has 1 heterocycles. The summed E-state index contributed by atoms with van der Waals surface area (Å²) in [6.45, 7) is 4.77. The van der Waals surface area contributed by atoms with Crippen LogP contribution in [0.1, 0.15) is 5.56 Å². The first-order valence-corrected chi connectivity index (χ1v) is 5.50. The number of nitrogens with one attached hydrogen (secondary N) is 1. The van der Waals surface area contributed by atoms with Crippen LogP contribution in [-0.2, 0) is 4.74 Å². The Bertz CT molecular complexity index is 416. The van der Waals surface area contributed by atoms with Crippen LogP contribution in [0.4, 0.5) is 11.4 Å². The maximum Gasteiger partial charge on any atom is 0.271 e. The number of nitro groups is 1. The van der Waals surface area contributed by atoms with E-state index in [-0.39, 0.29) is 10.6 Å². The Morgan fingerprint density at radius 2 is 2.06 bits per heavy atom. The van der Waals surface area contributed by atoms with Gasteiger partial charge < -0.3 is 10.2 Å². The highest BCUT2D eigenvalue weighted by Gasteiger charge is 2.12. The van der Waals surface area contributed by atoms with E-state index in [1.807, 2.05) is 18.0 Å². The summed E-state index contributed by atoms with van der Waals surface area (Å²) in [5.41, 5.74) is 4.90. The normalized spacial score (nSPS) is 16.8. The van der Waals surface area contributed by atoms with E-state index in [1.54, 1.807) is 12.1 Å². The van der Waals surface area contributed by atoms with E-state index in [4.69, 9.17) is 4.74 Å². The summed E-state index contributed by atoms with van der Waals surface area (Å²) in [7, 11) is 0. The van der Waals surface area contributed by atoms with Gasteiger partial charge in [0, 0.05) is 25.2 Å². The van der Waals surface area contributed by atoms with Gasteiger partial charge in [-0.25, -0.2) is 5.01 Å². The second-order valence-corrected chi connectivity index (χ2v) is 4.03. The predicted octanol–water partition coefficient (Wildman–Crippen LogP) is 1.56. The number of aryl methyl sites for hydroxylation is 1. The standard InChI is InChI=1S/C11H15N3O3/c1-9-6-10(8-11(7-9)14(15)16)12-13-2-4-17-5-3-13/h6-8,12H,2-5H2,1H3. The molecule has 1 aliphatic heterocycles. The maximum atomic E-state index is 10.7. The second-order valence-electron chi connectivity index (χ2n) is 4.03. The van der Waals surface area contributed by atoms with Crippen LogP contribution in [0.25, 0.3) is 0 Å². The summed E-state index contributed by atoms with van der Waals surface area (Å²) in [5.74, 6) is 0. The molecule has 0 saturated carbocycles. The smallest absolute Gasteiger partial charge is 0.271 e. The van der Waals surface area contributed by atoms with Gasteiger partial charge in [0.05, 0.1) is 23.8 Å². The fourth-order valence-corrected chi connectivity index (χ4v) is 1.79. The molecular formula is C11H15N3O3. The molecule has 0 radical (unpaired) electrons. The molecule has 0 aliphatic carbocycles. The van der Waals surface area contributed by atoms with E-state index in [0.29, 0.717) is 13.2 Å². The molecule has 1 fully saturated rings. The number of non-ortho nitro benzene ring substituents is 1. The molecule has 0 amide bonds. The Labute approximate surface area is 99.3 Å². The van der Waals surface area contributed by atoms with Gasteiger partial charge in [-0.2, -0.15) is 0 Å². The lowest BCUT2D eigenvalue weighted by Gasteiger charge is -2.27. The van der Waals surface area contributed by atoms with Gasteiger partial charge in [-0.15, -0.1) is 0 Å². The van der Waals surface area contributed by atoms with Gasteiger partial charge in [-0.05, 0) is 18.6 Å². The number of anilines is 1. The van der Waals surface area contributed by atoms with Crippen molar-refractivity contribution in [3.63, 3.8) is 0 Å². The van der Waals surface area contributed by atoms with E-state index in [0.717, 1.165) is 24.3 Å². The van der Waals surface area contributed by atoms with Gasteiger partial charge in [0.25, 0.3) is 5.69 Å². The summed E-state index contributed by atoms with van der Waals surface area (Å²) in [4.78, 5) is 10.4. The number of rotatable bonds is 3. The summed E-state index contributed by atoms with van der Waals surface area (Å²) in [5, 5.41) is 12.7. The van der Waals surface area contributed by atoms with E-state index >= 15 is 0 Å². The third-order valence-electron chi connectivity index (χ3n) is 2.57. The fraction of sp³-hybridized carbons (Fsp3) is 0.455. The Morgan fingerprint density at radius 1 is 1.35 bits per heavy atom. The minimum absolute atomic E-state index is 0.112. The first kappa shape index (κ1) is 11.8. The molecule has 2 rings (SSSR count). The van der Waals surface area contributed by atoms with Gasteiger partial charge in [-0.1, -0.05) is 0 Å². The number of hydrazine groups is 1. The Balaban J connectivity index is 2.11. The molecule has 1 N–H and O–H groups in total. The van der Waals surface area contributed by atoms with Crippen molar-refractivity contribution in [3.05, 3.63) is 33.9 Å². The molecule has 92 valence electrons. The summed E-state index contributed by atoms with van der Waals surface area (Å²) < 4.78 is 5.23. The molecule has 0 spiro atoms. The maximum absolute atomic E-state index is 10.7. The number of morpholine rings is 1. The third kappa shape index (κ3) is 3.15. The molecule has 6 heteroatoms. The molecule has 17 heavy (non-hydrogen) atoms. The molecule has 1 aromatic carbocycles. The van der Waals surface area contributed by atoms with Crippen molar-refractivity contribution in [3.8, 4) is 0 Å². The van der Waals surface area contributed by atoms with E-state index in [2.05, 4.69) is 5.43 Å². The SMILES string of the molecule is Cc1cc(NN2CCOCC2)cc([N+](=O)[O-])c1. The number of hydrogen-bond donors (Lipinski definition) is 1. The van der Waals surface area contributed by atoms with Gasteiger partial charge in [0.1, 0.15) is 0 Å². The zero-order chi connectivity index (χ0) is 12.3. The zero-order valence-corrected chi connectivity index (χ0v) is 9.68. The summed E-state index contributed by atoms with van der Waals surface area (Å²) in [6.07, 6.45) is 0. The first-order chi connectivity index (χ1) is 8.15. The van der Waals surface area contributed by atoms with Crippen molar-refractivity contribution in [2.24, 2.45) is 0 Å². The average Bonchev–Trinajstić information content (AvgIpc) is 2.29. The van der Waals surface area contributed by atoms with Gasteiger partial charge in [-0.3, -0.25) is 10.1 Å². The fourth-order valence-electron chi connectivity index (χ4n) is 1.79. The van der Waals surface area contributed by atoms with Gasteiger partial charge >= 0.3 is 0 Å². The highest BCUT2D eigenvalue weighted by molar-refractivity contribution is 5.53. The van der Waals surface area contributed by atoms with E-state index < -0.39 is 0 Å². The van der Waals surface area contributed by atoms with Crippen LogP contribution in [0.3, 0.4) is 0 Å². The van der Waals surface area contributed by atoms with Crippen LogP contribution in [-0.4, -0.2) is 36.2 Å². The first-order valence-electron chi connectivity index (χ1n) is 5.50. The van der Waals surface area contributed by atoms with Crippen molar-refractivity contribution in [1.29, 1.82) is 0 Å². The number of benzene rings is 1. The minimum Gasteiger partial charge on any atom is -0.379 e. The molecule has 6 nitrogen and oxygen atoms in total. The summed E-state index contributed by atoms with van der Waals surface area (Å²) >= 11 is 0. The lowest BCUT2D eigenvalue weighted by atomic mass is 10.2. The number of nitro benzene ring substituents is 1. The van der Waals surface area contributed by atoms with Crippen LogP contribution < -0.4 is 5.43 Å². The summed E-state index contributed by atoms with van der Waals surface area (Å²) in [6, 6.07) is 5.00. The van der Waals surface area contributed by atoms with Crippen molar-refractivity contribution >= 4 is 11.4 Å². The lowest BCUT2D eigenvalue weighted by Crippen LogP contribution is -2.40. The highest BCUT2D eigenvalue weighted by Crippen LogP contribution is 2.21. The topological polar surface area (TPSA) is 67.6 Å². The van der Waals surface area contributed by atoms with Crippen LogP contribution in [0, 0.1) is 17.0 Å². The molecule has 0 bridgehead atoms. The molecule has 0 aromatic heterocycles. The zero-order valence-electron chi connectivity index (χ0n) is 9.68. The predicted molar refractivity (Wildman–Crippen MR) is 63.8 cm³/mol. The Kier molecular flexibility index (Phi) is 3.55. The average molecular weight is 237 g/mol. The molecule has 1 aromatic rings. The third-order valence-corrected chi connectivity index (χ3v) is 2.57. The molecule has 0 atom stereocenters. The van der Waals surface area contributed by atoms with Crippen molar-refractivity contribution < 1.29 is 9.66 Å². The molecular weight excluding hydrogens is 222 g/mol. The molecule has 0 unspecified atom stereocenters. The Hall–Kier alpha value is -1.66. The largest absolute Gasteiger partial charge is 0.379 e. The van der Waals surface area contributed by atoms with E-state index in [1.165, 1.54) is 0 Å². The molecule has 1 aliphatic rings. The monoisotopic (exact) mass is 237 g/mol.